The van der Waals surface area contributed by atoms with Gasteiger partial charge in [-0.05, 0) is 24.3 Å². The molecule has 0 atom stereocenters. The van der Waals surface area contributed by atoms with Crippen molar-refractivity contribution in [3.8, 4) is 0 Å². The number of hydrogen-bond donors (Lipinski definition) is 0. The molecule has 0 saturated carbocycles. The molecule has 3 aromatic rings. The number of fused-ring (bicyclic) bond motifs is 2. The fraction of sp³-hybridized carbons (Fsp3) is 0.111. The molecule has 0 N–H and O–H groups in total. The Hall–Kier alpha value is -2.48. The Bertz CT molecular complexity index is 1050. The number of anilines is 1. The Morgan fingerprint density at radius 2 is 1.70 bits per heavy atom. The SMILES string of the molecule is CN(C(=O)CN1C(=O)c2cc(Cl)c(Cl)cc2C1=O)c1nc2ccccc2s1. The first-order valence-electron chi connectivity index (χ1n) is 7.84. The zero-order valence-corrected chi connectivity index (χ0v) is 16.2. The van der Waals surface area contributed by atoms with Gasteiger partial charge in [0.05, 0.1) is 31.4 Å². The first kappa shape index (κ1) is 17.9. The van der Waals surface area contributed by atoms with E-state index in [1.54, 1.807) is 7.05 Å². The lowest BCUT2D eigenvalue weighted by Crippen LogP contribution is -2.41. The van der Waals surface area contributed by atoms with Gasteiger partial charge in [0.1, 0.15) is 6.54 Å². The molecular formula is C18H11Cl2N3O3S. The smallest absolute Gasteiger partial charge is 0.262 e. The van der Waals surface area contributed by atoms with Crippen LogP contribution in [0.25, 0.3) is 10.2 Å². The van der Waals surface area contributed by atoms with Gasteiger partial charge in [-0.1, -0.05) is 46.7 Å². The van der Waals surface area contributed by atoms with Gasteiger partial charge in [0, 0.05) is 7.05 Å². The summed E-state index contributed by atoms with van der Waals surface area (Å²) < 4.78 is 0.942. The maximum Gasteiger partial charge on any atom is 0.262 e. The average Bonchev–Trinajstić information content (AvgIpc) is 3.18. The van der Waals surface area contributed by atoms with Gasteiger partial charge in [-0.2, -0.15) is 0 Å². The topological polar surface area (TPSA) is 70.6 Å². The summed E-state index contributed by atoms with van der Waals surface area (Å²) in [6, 6.07) is 10.2. The first-order valence-corrected chi connectivity index (χ1v) is 9.41. The van der Waals surface area contributed by atoms with E-state index in [4.69, 9.17) is 23.2 Å². The van der Waals surface area contributed by atoms with Crippen LogP contribution in [0.5, 0.6) is 0 Å². The van der Waals surface area contributed by atoms with Crippen LogP contribution in [-0.4, -0.2) is 41.2 Å². The Balaban J connectivity index is 1.57. The van der Waals surface area contributed by atoms with Gasteiger partial charge >= 0.3 is 0 Å². The normalized spacial score (nSPS) is 13.4. The molecule has 1 aliphatic heterocycles. The van der Waals surface area contributed by atoms with Crippen LogP contribution in [0.4, 0.5) is 5.13 Å². The van der Waals surface area contributed by atoms with E-state index in [1.807, 2.05) is 24.3 Å². The number of carbonyl (C=O) groups excluding carboxylic acids is 3. The highest BCUT2D eigenvalue weighted by Crippen LogP contribution is 2.32. The van der Waals surface area contributed by atoms with E-state index >= 15 is 0 Å². The number of rotatable bonds is 3. The number of hydrogen-bond acceptors (Lipinski definition) is 5. The molecule has 0 radical (unpaired) electrons. The molecule has 6 nitrogen and oxygen atoms in total. The minimum atomic E-state index is -0.570. The number of amides is 3. The fourth-order valence-electron chi connectivity index (χ4n) is 2.78. The number of carbonyl (C=O) groups is 3. The van der Waals surface area contributed by atoms with Crippen molar-refractivity contribution in [2.24, 2.45) is 0 Å². The van der Waals surface area contributed by atoms with E-state index < -0.39 is 24.3 Å². The number of benzene rings is 2. The summed E-state index contributed by atoms with van der Waals surface area (Å²) in [7, 11) is 1.56. The van der Waals surface area contributed by atoms with Crippen molar-refractivity contribution in [2.45, 2.75) is 0 Å². The van der Waals surface area contributed by atoms with E-state index in [1.165, 1.54) is 28.4 Å². The summed E-state index contributed by atoms with van der Waals surface area (Å²) in [6.07, 6.45) is 0. The van der Waals surface area contributed by atoms with Crippen molar-refractivity contribution >= 4 is 67.6 Å². The molecule has 9 heteroatoms. The van der Waals surface area contributed by atoms with Gasteiger partial charge in [0.2, 0.25) is 5.91 Å². The standard InChI is InChI=1S/C18H11Cl2N3O3S/c1-22(18-21-13-4-2-3-5-14(13)27-18)15(24)8-23-16(25)9-6-11(19)12(20)7-10(9)17(23)26/h2-7H,8H2,1H3. The lowest BCUT2D eigenvalue weighted by atomic mass is 10.1. The molecule has 1 aromatic heterocycles. The van der Waals surface area contributed by atoms with Crippen LogP contribution in [0.2, 0.25) is 10.0 Å². The van der Waals surface area contributed by atoms with Gasteiger partial charge in [0.15, 0.2) is 5.13 Å². The number of para-hydroxylation sites is 1. The highest BCUT2D eigenvalue weighted by molar-refractivity contribution is 7.22. The van der Waals surface area contributed by atoms with Crippen LogP contribution in [0.3, 0.4) is 0 Å². The summed E-state index contributed by atoms with van der Waals surface area (Å²) in [5, 5.41) is 0.844. The van der Waals surface area contributed by atoms with Crippen molar-refractivity contribution in [1.82, 2.24) is 9.88 Å². The molecule has 27 heavy (non-hydrogen) atoms. The predicted molar refractivity (Wildman–Crippen MR) is 105 cm³/mol. The molecule has 0 aliphatic carbocycles. The molecule has 0 fully saturated rings. The summed E-state index contributed by atoms with van der Waals surface area (Å²) >= 11 is 13.2. The van der Waals surface area contributed by atoms with Crippen molar-refractivity contribution in [2.75, 3.05) is 18.5 Å². The second kappa shape index (κ2) is 6.60. The molecule has 4 rings (SSSR count). The quantitative estimate of drug-likeness (QED) is 0.604. The van der Waals surface area contributed by atoms with Crippen LogP contribution >= 0.6 is 34.5 Å². The Labute approximate surface area is 167 Å². The van der Waals surface area contributed by atoms with Crippen molar-refractivity contribution in [3.05, 3.63) is 57.6 Å². The van der Waals surface area contributed by atoms with Crippen LogP contribution in [0.1, 0.15) is 20.7 Å². The monoisotopic (exact) mass is 419 g/mol. The average molecular weight is 420 g/mol. The number of likely N-dealkylation sites (N-methyl/N-ethyl adjacent to an activating group) is 1. The Morgan fingerprint density at radius 1 is 1.11 bits per heavy atom. The molecule has 136 valence electrons. The summed E-state index contributed by atoms with van der Waals surface area (Å²) in [4.78, 5) is 44.3. The van der Waals surface area contributed by atoms with Crippen LogP contribution in [-0.2, 0) is 4.79 Å². The summed E-state index contributed by atoms with van der Waals surface area (Å²) in [5.41, 5.74) is 1.07. The maximum atomic E-state index is 12.6. The van der Waals surface area contributed by atoms with Crippen molar-refractivity contribution in [3.63, 3.8) is 0 Å². The largest absolute Gasteiger partial charge is 0.290 e. The zero-order valence-electron chi connectivity index (χ0n) is 13.9. The lowest BCUT2D eigenvalue weighted by molar-refractivity contribution is -0.118. The highest BCUT2D eigenvalue weighted by atomic mass is 35.5. The van der Waals surface area contributed by atoms with Crippen LogP contribution in [0.15, 0.2) is 36.4 Å². The second-order valence-electron chi connectivity index (χ2n) is 5.93. The van der Waals surface area contributed by atoms with Gasteiger partial charge < -0.3 is 0 Å². The predicted octanol–water partition coefficient (Wildman–Crippen LogP) is 3.86. The number of halogens is 2. The first-order chi connectivity index (χ1) is 12.9. The summed E-state index contributed by atoms with van der Waals surface area (Å²) in [5.74, 6) is -1.57. The molecular weight excluding hydrogens is 409 g/mol. The molecule has 2 aromatic carbocycles. The number of imide groups is 1. The van der Waals surface area contributed by atoms with E-state index in [2.05, 4.69) is 4.98 Å². The van der Waals surface area contributed by atoms with E-state index in [0.29, 0.717) is 5.13 Å². The third kappa shape index (κ3) is 2.97. The van der Waals surface area contributed by atoms with Gasteiger partial charge in [-0.15, -0.1) is 0 Å². The Morgan fingerprint density at radius 3 is 2.30 bits per heavy atom. The minimum Gasteiger partial charge on any atom is -0.290 e. The van der Waals surface area contributed by atoms with Crippen LogP contribution in [0, 0.1) is 0 Å². The van der Waals surface area contributed by atoms with Crippen LogP contribution < -0.4 is 4.90 Å². The van der Waals surface area contributed by atoms with Gasteiger partial charge in [0.25, 0.3) is 11.8 Å². The number of thiazole rings is 1. The molecule has 0 bridgehead atoms. The van der Waals surface area contributed by atoms with Gasteiger partial charge in [-0.3, -0.25) is 24.2 Å². The lowest BCUT2D eigenvalue weighted by Gasteiger charge is -2.18. The maximum absolute atomic E-state index is 12.6. The van der Waals surface area contributed by atoms with Crippen molar-refractivity contribution < 1.29 is 14.4 Å². The van der Waals surface area contributed by atoms with Gasteiger partial charge in [-0.25, -0.2) is 4.98 Å². The second-order valence-corrected chi connectivity index (χ2v) is 7.75. The third-order valence-corrected chi connectivity index (χ3v) is 6.08. The molecule has 0 unspecified atom stereocenters. The third-order valence-electron chi connectivity index (χ3n) is 4.25. The molecule has 3 amide bonds. The van der Waals surface area contributed by atoms with E-state index in [9.17, 15) is 14.4 Å². The number of aromatic nitrogens is 1. The Kier molecular flexibility index (Phi) is 4.38. The van der Waals surface area contributed by atoms with E-state index in [-0.39, 0.29) is 21.2 Å². The molecule has 1 aliphatic rings. The molecule has 0 saturated heterocycles. The fourth-order valence-corrected chi connectivity index (χ4v) is 4.05. The summed E-state index contributed by atoms with van der Waals surface area (Å²) in [6.45, 7) is -0.395. The minimum absolute atomic E-state index is 0.143. The zero-order chi connectivity index (χ0) is 19.3. The number of nitrogens with zero attached hydrogens (tertiary/aromatic N) is 3. The molecule has 0 spiro atoms. The highest BCUT2D eigenvalue weighted by Gasteiger charge is 2.38. The van der Waals surface area contributed by atoms with Crippen molar-refractivity contribution in [1.29, 1.82) is 0 Å². The molecule has 2 heterocycles. The van der Waals surface area contributed by atoms with E-state index in [0.717, 1.165) is 15.1 Å².